The van der Waals surface area contributed by atoms with Crippen molar-refractivity contribution in [2.75, 3.05) is 18.9 Å². The molecule has 0 spiro atoms. The molecule has 3 rings (SSSR count). The summed E-state index contributed by atoms with van der Waals surface area (Å²) >= 11 is 0. The zero-order valence-electron chi connectivity index (χ0n) is 15.6. The fraction of sp³-hybridized carbons (Fsp3) is 0.250. The molecule has 1 amide bonds. The Morgan fingerprint density at radius 2 is 1.79 bits per heavy atom. The Labute approximate surface area is 163 Å². The standard InChI is InChI=1S/C20H24N6O2/c1-26-11-16(28-15-4-2-3-13(9-15)19(23)24)10-17(26)20(27)25-14-7-5-12(6-8-14)18(21)22/h2-9,16-17H,10-11H2,1H3,(H3,21,22)(H3,23,24)(H,25,27). The van der Waals surface area contributed by atoms with E-state index in [2.05, 4.69) is 5.32 Å². The smallest absolute Gasteiger partial charge is 0.241 e. The van der Waals surface area contributed by atoms with E-state index in [1.54, 1.807) is 42.5 Å². The second kappa shape index (κ2) is 8.10. The molecule has 8 heteroatoms. The van der Waals surface area contributed by atoms with E-state index in [4.69, 9.17) is 27.0 Å². The van der Waals surface area contributed by atoms with Crippen LogP contribution < -0.4 is 21.5 Å². The van der Waals surface area contributed by atoms with Crippen LogP contribution in [0.15, 0.2) is 48.5 Å². The number of likely N-dealkylation sites (tertiary alicyclic amines) is 1. The van der Waals surface area contributed by atoms with Gasteiger partial charge in [-0.1, -0.05) is 12.1 Å². The Bertz CT molecular complexity index is 896. The van der Waals surface area contributed by atoms with Crippen LogP contribution in [-0.2, 0) is 4.79 Å². The first-order chi connectivity index (χ1) is 13.3. The minimum atomic E-state index is -0.312. The summed E-state index contributed by atoms with van der Waals surface area (Å²) in [5.74, 6) is 0.498. The maximum atomic E-state index is 12.7. The van der Waals surface area contributed by atoms with Crippen LogP contribution in [0.1, 0.15) is 17.5 Å². The molecule has 1 aliphatic rings. The van der Waals surface area contributed by atoms with E-state index in [1.807, 2.05) is 18.0 Å². The van der Waals surface area contributed by atoms with Gasteiger partial charge in [0.2, 0.25) is 5.91 Å². The van der Waals surface area contributed by atoms with Gasteiger partial charge < -0.3 is 21.5 Å². The SMILES string of the molecule is CN1CC(Oc2cccc(C(=N)N)c2)CC1C(=O)Nc1ccc(C(=N)N)cc1. The van der Waals surface area contributed by atoms with Crippen molar-refractivity contribution in [1.82, 2.24) is 4.90 Å². The van der Waals surface area contributed by atoms with E-state index in [0.717, 1.165) is 0 Å². The highest BCUT2D eigenvalue weighted by molar-refractivity contribution is 5.97. The van der Waals surface area contributed by atoms with Crippen molar-refractivity contribution in [1.29, 1.82) is 10.8 Å². The predicted molar refractivity (Wildman–Crippen MR) is 109 cm³/mol. The second-order valence-electron chi connectivity index (χ2n) is 6.85. The molecule has 7 N–H and O–H groups in total. The summed E-state index contributed by atoms with van der Waals surface area (Å²) < 4.78 is 6.00. The quantitative estimate of drug-likeness (QED) is 0.380. The molecule has 0 saturated carbocycles. The summed E-state index contributed by atoms with van der Waals surface area (Å²) in [5.41, 5.74) is 12.8. The summed E-state index contributed by atoms with van der Waals surface area (Å²) in [4.78, 5) is 14.6. The van der Waals surface area contributed by atoms with Crippen molar-refractivity contribution in [2.45, 2.75) is 18.6 Å². The Hall–Kier alpha value is -3.39. The number of hydrogen-bond donors (Lipinski definition) is 5. The highest BCUT2D eigenvalue weighted by Gasteiger charge is 2.35. The Morgan fingerprint density at radius 1 is 1.11 bits per heavy atom. The molecule has 2 aromatic rings. The molecule has 146 valence electrons. The summed E-state index contributed by atoms with van der Waals surface area (Å²) in [6.45, 7) is 0.617. The van der Waals surface area contributed by atoms with Gasteiger partial charge in [0.05, 0.1) is 6.04 Å². The van der Waals surface area contributed by atoms with Crippen molar-refractivity contribution >= 4 is 23.3 Å². The van der Waals surface area contributed by atoms with E-state index >= 15 is 0 Å². The third kappa shape index (κ3) is 4.47. The maximum absolute atomic E-state index is 12.7. The molecule has 0 aliphatic carbocycles. The van der Waals surface area contributed by atoms with Crippen LogP contribution in [0.3, 0.4) is 0 Å². The largest absolute Gasteiger partial charge is 0.489 e. The molecule has 1 heterocycles. The lowest BCUT2D eigenvalue weighted by Crippen LogP contribution is -2.37. The van der Waals surface area contributed by atoms with Crippen molar-refractivity contribution < 1.29 is 9.53 Å². The first kappa shape index (κ1) is 19.4. The third-order valence-corrected chi connectivity index (χ3v) is 4.72. The van der Waals surface area contributed by atoms with Gasteiger partial charge in [-0.3, -0.25) is 20.5 Å². The number of nitrogens with zero attached hydrogens (tertiary/aromatic N) is 1. The average molecular weight is 380 g/mol. The molecule has 0 radical (unpaired) electrons. The summed E-state index contributed by atoms with van der Waals surface area (Å²) in [6, 6.07) is 13.6. The van der Waals surface area contributed by atoms with E-state index in [9.17, 15) is 4.79 Å². The van der Waals surface area contributed by atoms with Gasteiger partial charge in [-0.2, -0.15) is 0 Å². The van der Waals surface area contributed by atoms with Crippen LogP contribution in [0.5, 0.6) is 5.75 Å². The number of carbonyl (C=O) groups is 1. The first-order valence-electron chi connectivity index (χ1n) is 8.90. The molecule has 1 fully saturated rings. The van der Waals surface area contributed by atoms with Crippen LogP contribution in [0.25, 0.3) is 0 Å². The number of benzene rings is 2. The van der Waals surface area contributed by atoms with E-state index in [0.29, 0.717) is 35.5 Å². The number of carbonyl (C=O) groups excluding carboxylic acids is 1. The molecular formula is C20H24N6O2. The van der Waals surface area contributed by atoms with Crippen molar-refractivity contribution in [3.05, 3.63) is 59.7 Å². The summed E-state index contributed by atoms with van der Waals surface area (Å²) in [7, 11) is 1.89. The highest BCUT2D eigenvalue weighted by atomic mass is 16.5. The zero-order valence-corrected chi connectivity index (χ0v) is 15.6. The number of rotatable bonds is 6. The Morgan fingerprint density at radius 3 is 2.43 bits per heavy atom. The van der Waals surface area contributed by atoms with Gasteiger partial charge in [0, 0.05) is 29.8 Å². The van der Waals surface area contributed by atoms with Gasteiger partial charge in [-0.25, -0.2) is 0 Å². The van der Waals surface area contributed by atoms with Gasteiger partial charge in [0.1, 0.15) is 23.5 Å². The molecule has 0 aromatic heterocycles. The lowest BCUT2D eigenvalue weighted by Gasteiger charge is -2.18. The summed E-state index contributed by atoms with van der Waals surface area (Å²) in [5, 5.41) is 17.8. The molecule has 28 heavy (non-hydrogen) atoms. The monoisotopic (exact) mass is 380 g/mol. The predicted octanol–water partition coefficient (Wildman–Crippen LogP) is 1.34. The molecule has 8 nitrogen and oxygen atoms in total. The minimum Gasteiger partial charge on any atom is -0.489 e. The zero-order chi connectivity index (χ0) is 20.3. The normalized spacial score (nSPS) is 19.2. The van der Waals surface area contributed by atoms with Crippen molar-refractivity contribution in [2.24, 2.45) is 11.5 Å². The van der Waals surface area contributed by atoms with Gasteiger partial charge in [0.25, 0.3) is 0 Å². The van der Waals surface area contributed by atoms with Crippen LogP contribution in [-0.4, -0.2) is 48.2 Å². The molecule has 2 unspecified atom stereocenters. The van der Waals surface area contributed by atoms with Crippen LogP contribution in [0.2, 0.25) is 0 Å². The molecular weight excluding hydrogens is 356 g/mol. The van der Waals surface area contributed by atoms with E-state index in [1.165, 1.54) is 0 Å². The number of ether oxygens (including phenoxy) is 1. The third-order valence-electron chi connectivity index (χ3n) is 4.72. The number of nitrogens with one attached hydrogen (secondary N) is 3. The maximum Gasteiger partial charge on any atom is 0.241 e. The fourth-order valence-corrected chi connectivity index (χ4v) is 3.23. The number of anilines is 1. The first-order valence-corrected chi connectivity index (χ1v) is 8.90. The van der Waals surface area contributed by atoms with Crippen molar-refractivity contribution in [3.8, 4) is 5.75 Å². The lowest BCUT2D eigenvalue weighted by atomic mass is 10.1. The number of amides is 1. The number of amidine groups is 2. The van der Waals surface area contributed by atoms with Crippen LogP contribution in [0.4, 0.5) is 5.69 Å². The molecule has 2 atom stereocenters. The Kier molecular flexibility index (Phi) is 5.60. The van der Waals surface area contributed by atoms with Gasteiger partial charge in [-0.15, -0.1) is 0 Å². The van der Waals surface area contributed by atoms with Crippen LogP contribution in [0, 0.1) is 10.8 Å². The number of nitrogen functional groups attached to an aromatic ring is 2. The highest BCUT2D eigenvalue weighted by Crippen LogP contribution is 2.24. The molecule has 1 aliphatic heterocycles. The van der Waals surface area contributed by atoms with Gasteiger partial charge in [-0.05, 0) is 43.4 Å². The lowest BCUT2D eigenvalue weighted by molar-refractivity contribution is -0.120. The molecule has 2 aromatic carbocycles. The topological polar surface area (TPSA) is 141 Å². The molecule has 1 saturated heterocycles. The van der Waals surface area contributed by atoms with Gasteiger partial charge in [0.15, 0.2) is 0 Å². The van der Waals surface area contributed by atoms with Crippen molar-refractivity contribution in [3.63, 3.8) is 0 Å². The minimum absolute atomic E-state index is 0.0118. The number of hydrogen-bond acceptors (Lipinski definition) is 5. The number of likely N-dealkylation sites (N-methyl/N-ethyl adjacent to an activating group) is 1. The van der Waals surface area contributed by atoms with Crippen LogP contribution >= 0.6 is 0 Å². The second-order valence-corrected chi connectivity index (χ2v) is 6.85. The fourth-order valence-electron chi connectivity index (χ4n) is 3.23. The van der Waals surface area contributed by atoms with E-state index < -0.39 is 0 Å². The number of nitrogens with two attached hydrogens (primary N) is 2. The Balaban J connectivity index is 1.61. The summed E-state index contributed by atoms with van der Waals surface area (Å²) in [6.07, 6.45) is 0.418. The average Bonchev–Trinajstić information content (AvgIpc) is 3.02. The molecule has 0 bridgehead atoms. The van der Waals surface area contributed by atoms with Gasteiger partial charge >= 0.3 is 0 Å². The van der Waals surface area contributed by atoms with E-state index in [-0.39, 0.29) is 29.7 Å².